The lowest BCUT2D eigenvalue weighted by Gasteiger charge is -2.37. The number of nitrogens with one attached hydrogen (secondary N) is 1. The second-order valence-electron chi connectivity index (χ2n) is 7.25. The van der Waals surface area contributed by atoms with Gasteiger partial charge in [-0.25, -0.2) is 0 Å². The Kier molecular flexibility index (Phi) is 8.70. The zero-order chi connectivity index (χ0) is 16.3. The highest BCUT2D eigenvalue weighted by molar-refractivity contribution is 5.19. The summed E-state index contributed by atoms with van der Waals surface area (Å²) in [6, 6.07) is 11.7. The summed E-state index contributed by atoms with van der Waals surface area (Å²) in [7, 11) is 2.28. The highest BCUT2D eigenvalue weighted by atomic mass is 15.1. The van der Waals surface area contributed by atoms with Crippen LogP contribution >= 0.6 is 0 Å². The van der Waals surface area contributed by atoms with Crippen LogP contribution in [0.4, 0.5) is 0 Å². The lowest BCUT2D eigenvalue weighted by Crippen LogP contribution is -2.34. The van der Waals surface area contributed by atoms with Gasteiger partial charge >= 0.3 is 0 Å². The summed E-state index contributed by atoms with van der Waals surface area (Å²) in [5.41, 5.74) is 1.49. The lowest BCUT2D eigenvalue weighted by molar-refractivity contribution is 0.137. The maximum atomic E-state index is 3.66. The van der Waals surface area contributed by atoms with E-state index >= 15 is 0 Å². The lowest BCUT2D eigenvalue weighted by atomic mass is 9.85. The van der Waals surface area contributed by atoms with Crippen molar-refractivity contribution in [1.29, 1.82) is 0 Å². The van der Waals surface area contributed by atoms with E-state index in [4.69, 9.17) is 0 Å². The van der Waals surface area contributed by atoms with Crippen molar-refractivity contribution in [2.45, 2.75) is 64.3 Å². The summed E-state index contributed by atoms with van der Waals surface area (Å²) in [6.45, 7) is 5.92. The molecule has 1 heterocycles. The van der Waals surface area contributed by atoms with Crippen LogP contribution in [0.2, 0.25) is 0 Å². The maximum Gasteiger partial charge on any atom is 0.0347 e. The van der Waals surface area contributed by atoms with Gasteiger partial charge in [0.05, 0.1) is 0 Å². The van der Waals surface area contributed by atoms with E-state index in [2.05, 4.69) is 54.5 Å². The van der Waals surface area contributed by atoms with Crippen LogP contribution in [0.3, 0.4) is 0 Å². The smallest absolute Gasteiger partial charge is 0.0347 e. The minimum atomic E-state index is 0.615. The van der Waals surface area contributed by atoms with Gasteiger partial charge in [-0.1, -0.05) is 62.9 Å². The Hall–Kier alpha value is -0.860. The minimum Gasteiger partial charge on any atom is -0.317 e. The van der Waals surface area contributed by atoms with E-state index in [-0.39, 0.29) is 0 Å². The Morgan fingerprint density at radius 3 is 2.61 bits per heavy atom. The first kappa shape index (κ1) is 18.5. The average Bonchev–Trinajstić information content (AvgIpc) is 2.59. The van der Waals surface area contributed by atoms with Gasteiger partial charge in [0.2, 0.25) is 0 Å². The van der Waals surface area contributed by atoms with Gasteiger partial charge in [-0.15, -0.1) is 0 Å². The molecule has 1 saturated heterocycles. The molecule has 1 N–H and O–H groups in total. The molecule has 0 radical (unpaired) electrons. The van der Waals surface area contributed by atoms with Crippen LogP contribution in [-0.4, -0.2) is 31.6 Å². The van der Waals surface area contributed by atoms with E-state index in [0.29, 0.717) is 6.04 Å². The molecule has 0 bridgehead atoms. The number of unbranched alkanes of at least 4 members (excludes halogenated alkanes) is 4. The van der Waals surface area contributed by atoms with Crippen LogP contribution in [0.1, 0.15) is 69.9 Å². The Labute approximate surface area is 143 Å². The first-order valence-electron chi connectivity index (χ1n) is 9.77. The SMILES string of the molecule is CCCCCCCNCCC1CCN(C)C(c2ccccc2)C1. The van der Waals surface area contributed by atoms with Crippen LogP contribution in [0.15, 0.2) is 30.3 Å². The third-order valence-electron chi connectivity index (χ3n) is 5.35. The van der Waals surface area contributed by atoms with Crippen LogP contribution in [0.5, 0.6) is 0 Å². The van der Waals surface area contributed by atoms with Crippen molar-refractivity contribution in [3.63, 3.8) is 0 Å². The average molecular weight is 317 g/mol. The second-order valence-corrected chi connectivity index (χ2v) is 7.25. The molecule has 0 saturated carbocycles. The number of likely N-dealkylation sites (tertiary alicyclic amines) is 1. The van der Waals surface area contributed by atoms with Crippen molar-refractivity contribution in [3.05, 3.63) is 35.9 Å². The summed E-state index contributed by atoms with van der Waals surface area (Å²) in [5.74, 6) is 0.879. The van der Waals surface area contributed by atoms with Crippen molar-refractivity contribution in [3.8, 4) is 0 Å². The van der Waals surface area contributed by atoms with Crippen molar-refractivity contribution in [2.24, 2.45) is 5.92 Å². The van der Waals surface area contributed by atoms with Crippen molar-refractivity contribution in [1.82, 2.24) is 10.2 Å². The molecule has 0 amide bonds. The molecule has 1 aromatic carbocycles. The summed E-state index contributed by atoms with van der Waals surface area (Å²) < 4.78 is 0. The number of hydrogen-bond donors (Lipinski definition) is 1. The van der Waals surface area contributed by atoms with Crippen LogP contribution in [-0.2, 0) is 0 Å². The van der Waals surface area contributed by atoms with E-state index < -0.39 is 0 Å². The van der Waals surface area contributed by atoms with E-state index in [1.54, 1.807) is 0 Å². The number of piperidine rings is 1. The van der Waals surface area contributed by atoms with E-state index in [9.17, 15) is 0 Å². The zero-order valence-corrected chi connectivity index (χ0v) is 15.3. The molecule has 2 atom stereocenters. The molecule has 2 nitrogen and oxygen atoms in total. The molecule has 1 aromatic rings. The third-order valence-corrected chi connectivity index (χ3v) is 5.35. The fraction of sp³-hybridized carbons (Fsp3) is 0.714. The summed E-state index contributed by atoms with van der Waals surface area (Å²) in [6.07, 6.45) is 10.9. The molecule has 1 aliphatic rings. The van der Waals surface area contributed by atoms with Gasteiger partial charge in [-0.05, 0) is 63.8 Å². The predicted molar refractivity (Wildman–Crippen MR) is 101 cm³/mol. The molecule has 1 aliphatic heterocycles. The van der Waals surface area contributed by atoms with Gasteiger partial charge < -0.3 is 5.32 Å². The molecule has 0 aliphatic carbocycles. The zero-order valence-electron chi connectivity index (χ0n) is 15.3. The molecular formula is C21H36N2. The van der Waals surface area contributed by atoms with Crippen molar-refractivity contribution in [2.75, 3.05) is 26.7 Å². The van der Waals surface area contributed by atoms with E-state index in [0.717, 1.165) is 5.92 Å². The molecule has 130 valence electrons. The summed E-state index contributed by atoms with van der Waals surface area (Å²) in [5, 5.41) is 3.66. The monoisotopic (exact) mass is 316 g/mol. The highest BCUT2D eigenvalue weighted by Crippen LogP contribution is 2.34. The number of benzene rings is 1. The fourth-order valence-electron chi connectivity index (χ4n) is 3.77. The first-order chi connectivity index (χ1) is 11.3. The van der Waals surface area contributed by atoms with Gasteiger partial charge in [0.15, 0.2) is 0 Å². The van der Waals surface area contributed by atoms with Gasteiger partial charge in [-0.2, -0.15) is 0 Å². The molecule has 23 heavy (non-hydrogen) atoms. The quantitative estimate of drug-likeness (QED) is 0.610. The summed E-state index contributed by atoms with van der Waals surface area (Å²) >= 11 is 0. The molecule has 0 spiro atoms. The van der Waals surface area contributed by atoms with Crippen molar-refractivity contribution >= 4 is 0 Å². The van der Waals surface area contributed by atoms with Gasteiger partial charge in [0.25, 0.3) is 0 Å². The van der Waals surface area contributed by atoms with Gasteiger partial charge in [0, 0.05) is 6.04 Å². The Morgan fingerprint density at radius 1 is 1.04 bits per heavy atom. The largest absolute Gasteiger partial charge is 0.317 e. The molecule has 2 rings (SSSR count). The minimum absolute atomic E-state index is 0.615. The summed E-state index contributed by atoms with van der Waals surface area (Å²) in [4.78, 5) is 2.53. The molecule has 2 heteroatoms. The van der Waals surface area contributed by atoms with E-state index in [1.807, 2.05) is 0 Å². The van der Waals surface area contributed by atoms with Crippen LogP contribution in [0.25, 0.3) is 0 Å². The molecule has 1 fully saturated rings. The van der Waals surface area contributed by atoms with E-state index in [1.165, 1.54) is 76.6 Å². The van der Waals surface area contributed by atoms with Crippen molar-refractivity contribution < 1.29 is 0 Å². The number of hydrogen-bond acceptors (Lipinski definition) is 2. The van der Waals surface area contributed by atoms with Gasteiger partial charge in [0.1, 0.15) is 0 Å². The van der Waals surface area contributed by atoms with Crippen LogP contribution in [0, 0.1) is 5.92 Å². The van der Waals surface area contributed by atoms with Gasteiger partial charge in [-0.3, -0.25) is 4.90 Å². The van der Waals surface area contributed by atoms with Crippen LogP contribution < -0.4 is 5.32 Å². The third kappa shape index (κ3) is 6.64. The Bertz CT molecular complexity index is 404. The molecule has 0 aromatic heterocycles. The first-order valence-corrected chi connectivity index (χ1v) is 9.77. The number of nitrogens with zero attached hydrogens (tertiary/aromatic N) is 1. The maximum absolute atomic E-state index is 3.66. The fourth-order valence-corrected chi connectivity index (χ4v) is 3.77. The molecule has 2 unspecified atom stereocenters. The Balaban J connectivity index is 1.63. The normalized spacial score (nSPS) is 22.3. The number of rotatable bonds is 10. The standard InChI is InChI=1S/C21H36N2/c1-3-4-5-6-10-15-22-16-13-19-14-17-23(2)21(18-19)20-11-8-7-9-12-20/h7-9,11-12,19,21-22H,3-6,10,13-18H2,1-2H3. The highest BCUT2D eigenvalue weighted by Gasteiger charge is 2.26. The topological polar surface area (TPSA) is 15.3 Å². The second kappa shape index (κ2) is 10.8. The Morgan fingerprint density at radius 2 is 1.83 bits per heavy atom. The molecular weight excluding hydrogens is 280 g/mol. The predicted octanol–water partition coefficient (Wildman–Crippen LogP) is 5.02.